The highest BCUT2D eigenvalue weighted by Crippen LogP contribution is 2.53. The third-order valence-electron chi connectivity index (χ3n) is 6.58. The van der Waals surface area contributed by atoms with Crippen LogP contribution in [0.15, 0.2) is 11.1 Å². The monoisotopic (exact) mass is 474 g/mol. The van der Waals surface area contributed by atoms with E-state index in [4.69, 9.17) is 18.9 Å². The number of fused-ring (bicyclic) bond motifs is 1. The van der Waals surface area contributed by atoms with Crippen LogP contribution in [0, 0.1) is 10.8 Å². The molecule has 0 bridgehead atoms. The number of hydrogen-bond donors (Lipinski definition) is 0. The molecule has 7 heteroatoms. The Hall–Kier alpha value is -0.920. The zero-order valence-corrected chi connectivity index (χ0v) is 19.9. The number of ether oxygens (including phenoxy) is 4. The van der Waals surface area contributed by atoms with Crippen molar-refractivity contribution in [1.29, 1.82) is 0 Å². The molecule has 1 saturated heterocycles. The smallest absolute Gasteiger partial charge is 0.324 e. The maximum absolute atomic E-state index is 13.0. The number of carbonyl (C=O) groups excluding carboxylic acids is 2. The summed E-state index contributed by atoms with van der Waals surface area (Å²) in [5, 5.41) is 0. The molecule has 29 heavy (non-hydrogen) atoms. The lowest BCUT2D eigenvalue weighted by atomic mass is 9.63. The summed E-state index contributed by atoms with van der Waals surface area (Å²) >= 11 is 3.31. The van der Waals surface area contributed by atoms with Crippen molar-refractivity contribution >= 4 is 27.9 Å². The van der Waals surface area contributed by atoms with Gasteiger partial charge in [0.15, 0.2) is 11.7 Å². The van der Waals surface area contributed by atoms with E-state index in [-0.39, 0.29) is 37.6 Å². The van der Waals surface area contributed by atoms with Crippen molar-refractivity contribution < 1.29 is 28.5 Å². The number of rotatable bonds is 8. The summed E-state index contributed by atoms with van der Waals surface area (Å²) in [7, 11) is 0. The molecule has 1 heterocycles. The van der Waals surface area contributed by atoms with Crippen molar-refractivity contribution in [2.24, 2.45) is 10.8 Å². The summed E-state index contributed by atoms with van der Waals surface area (Å²) in [6.07, 6.45) is 3.57. The Kier molecular flexibility index (Phi) is 7.96. The molecule has 2 aliphatic rings. The van der Waals surface area contributed by atoms with Gasteiger partial charge in [-0.2, -0.15) is 0 Å². The first-order valence-electron chi connectivity index (χ1n) is 10.5. The molecule has 1 aliphatic heterocycles. The summed E-state index contributed by atoms with van der Waals surface area (Å²) in [6.45, 7) is 13.9. The molecule has 0 aromatic carbocycles. The first kappa shape index (κ1) is 24.4. The Morgan fingerprint density at radius 3 is 2.24 bits per heavy atom. The van der Waals surface area contributed by atoms with E-state index < -0.39 is 29.2 Å². The second kappa shape index (κ2) is 9.48. The van der Waals surface area contributed by atoms with Crippen molar-refractivity contribution in [3.63, 3.8) is 0 Å². The molecule has 2 rings (SSSR count). The van der Waals surface area contributed by atoms with Crippen LogP contribution in [0.4, 0.5) is 0 Å². The second-order valence-corrected chi connectivity index (χ2v) is 9.89. The zero-order chi connectivity index (χ0) is 21.9. The van der Waals surface area contributed by atoms with E-state index in [9.17, 15) is 9.59 Å². The van der Waals surface area contributed by atoms with Gasteiger partial charge in [-0.3, -0.25) is 9.59 Å². The minimum absolute atomic E-state index is 0.0132. The van der Waals surface area contributed by atoms with E-state index in [2.05, 4.69) is 43.3 Å². The zero-order valence-electron chi connectivity index (χ0n) is 18.3. The van der Waals surface area contributed by atoms with Crippen LogP contribution in [0.5, 0.6) is 0 Å². The molecular formula is C22H35BrO6. The van der Waals surface area contributed by atoms with Gasteiger partial charge in [0.05, 0.1) is 24.9 Å². The van der Waals surface area contributed by atoms with Crippen molar-refractivity contribution in [3.8, 4) is 0 Å². The maximum atomic E-state index is 13.0. The number of allylic oxidation sites excluding steroid dienone is 1. The van der Waals surface area contributed by atoms with Gasteiger partial charge in [-0.25, -0.2) is 0 Å². The average molecular weight is 475 g/mol. The standard InChI is InChI=1S/C22H35BrO6/c1-7-26-18(24)22(13-15(3)23,19(25)27-8-2)14-17-28-16-11-9-10-12-21(16,6)20(4,5)29-17/h16-17H,3,7-14H2,1-2,4-6H3/t16-,17-,21-/m0/s1. The van der Waals surface area contributed by atoms with Crippen LogP contribution in [0.3, 0.4) is 0 Å². The molecule has 0 N–H and O–H groups in total. The molecule has 0 spiro atoms. The van der Waals surface area contributed by atoms with Gasteiger partial charge in [-0.05, 0) is 45.0 Å². The lowest BCUT2D eigenvalue weighted by Gasteiger charge is -2.57. The molecule has 6 nitrogen and oxygen atoms in total. The normalized spacial score (nSPS) is 28.9. The summed E-state index contributed by atoms with van der Waals surface area (Å²) in [5.41, 5.74) is -2.14. The van der Waals surface area contributed by atoms with E-state index >= 15 is 0 Å². The largest absolute Gasteiger partial charge is 0.465 e. The van der Waals surface area contributed by atoms with E-state index in [1.165, 1.54) is 0 Å². The Balaban J connectivity index is 2.37. The first-order valence-corrected chi connectivity index (χ1v) is 11.3. The third-order valence-corrected chi connectivity index (χ3v) is 6.86. The maximum Gasteiger partial charge on any atom is 0.324 e. The summed E-state index contributed by atoms with van der Waals surface area (Å²) in [5.74, 6) is -1.28. The van der Waals surface area contributed by atoms with Gasteiger partial charge in [0.25, 0.3) is 0 Å². The van der Waals surface area contributed by atoms with Crippen molar-refractivity contribution in [1.82, 2.24) is 0 Å². The van der Waals surface area contributed by atoms with Gasteiger partial charge in [0, 0.05) is 18.3 Å². The van der Waals surface area contributed by atoms with Crippen LogP contribution in [-0.4, -0.2) is 43.1 Å². The Labute approximate surface area is 182 Å². The molecular weight excluding hydrogens is 440 g/mol. The molecule has 0 unspecified atom stereocenters. The summed E-state index contributed by atoms with van der Waals surface area (Å²) in [6, 6.07) is 0. The molecule has 0 aromatic rings. The Morgan fingerprint density at radius 2 is 1.72 bits per heavy atom. The van der Waals surface area contributed by atoms with Crippen LogP contribution >= 0.6 is 15.9 Å². The van der Waals surface area contributed by atoms with Crippen molar-refractivity contribution in [3.05, 3.63) is 11.1 Å². The quantitative estimate of drug-likeness (QED) is 0.368. The topological polar surface area (TPSA) is 71.1 Å². The Morgan fingerprint density at radius 1 is 1.14 bits per heavy atom. The van der Waals surface area contributed by atoms with Gasteiger partial charge in [0.1, 0.15) is 0 Å². The summed E-state index contributed by atoms with van der Waals surface area (Å²) < 4.78 is 23.8. The number of carbonyl (C=O) groups is 2. The first-order chi connectivity index (χ1) is 13.5. The molecule has 1 aliphatic carbocycles. The molecule has 0 radical (unpaired) electrons. The fourth-order valence-electron chi connectivity index (χ4n) is 4.59. The number of esters is 2. The van der Waals surface area contributed by atoms with Gasteiger partial charge < -0.3 is 18.9 Å². The SMILES string of the molecule is C=C(Br)CC(C[C@H]1O[C@H]2CCCC[C@]2(C)C(C)(C)O1)(C(=O)OCC)C(=O)OCC. The van der Waals surface area contributed by atoms with E-state index in [0.717, 1.165) is 25.7 Å². The van der Waals surface area contributed by atoms with Gasteiger partial charge >= 0.3 is 11.9 Å². The van der Waals surface area contributed by atoms with Crippen LogP contribution in [0.25, 0.3) is 0 Å². The Bertz CT molecular complexity index is 613. The molecule has 2 fully saturated rings. The highest BCUT2D eigenvalue weighted by molar-refractivity contribution is 9.11. The van der Waals surface area contributed by atoms with Crippen LogP contribution in [-0.2, 0) is 28.5 Å². The van der Waals surface area contributed by atoms with E-state index in [1.54, 1.807) is 13.8 Å². The molecule has 3 atom stereocenters. The van der Waals surface area contributed by atoms with Gasteiger partial charge in [0.2, 0.25) is 0 Å². The van der Waals surface area contributed by atoms with Gasteiger partial charge in [-0.15, -0.1) is 0 Å². The third kappa shape index (κ3) is 4.88. The lowest BCUT2D eigenvalue weighted by Crippen LogP contribution is -2.61. The van der Waals surface area contributed by atoms with E-state index in [0.29, 0.717) is 4.48 Å². The predicted molar refractivity (Wildman–Crippen MR) is 113 cm³/mol. The fraction of sp³-hybridized carbons (Fsp3) is 0.818. The van der Waals surface area contributed by atoms with Crippen LogP contribution < -0.4 is 0 Å². The van der Waals surface area contributed by atoms with Crippen LogP contribution in [0.2, 0.25) is 0 Å². The molecule has 1 saturated carbocycles. The highest BCUT2D eigenvalue weighted by atomic mass is 79.9. The van der Waals surface area contributed by atoms with Crippen molar-refractivity contribution in [2.75, 3.05) is 13.2 Å². The molecule has 166 valence electrons. The predicted octanol–water partition coefficient (Wildman–Crippen LogP) is 4.89. The molecule has 0 aromatic heterocycles. The highest BCUT2D eigenvalue weighted by Gasteiger charge is 2.58. The lowest BCUT2D eigenvalue weighted by molar-refractivity contribution is -0.343. The minimum Gasteiger partial charge on any atom is -0.465 e. The van der Waals surface area contributed by atoms with Gasteiger partial charge in [-0.1, -0.05) is 42.3 Å². The van der Waals surface area contributed by atoms with E-state index in [1.807, 2.05) is 0 Å². The number of hydrogen-bond acceptors (Lipinski definition) is 6. The second-order valence-electron chi connectivity index (χ2n) is 8.77. The summed E-state index contributed by atoms with van der Waals surface area (Å²) in [4.78, 5) is 26.0. The molecule has 0 amide bonds. The minimum atomic E-state index is -1.57. The average Bonchev–Trinajstić information content (AvgIpc) is 2.61. The number of halogens is 1. The van der Waals surface area contributed by atoms with Crippen LogP contribution in [0.1, 0.15) is 73.1 Å². The van der Waals surface area contributed by atoms with Crippen molar-refractivity contribution in [2.45, 2.75) is 91.1 Å². The fourth-order valence-corrected chi connectivity index (χ4v) is 5.07.